The lowest BCUT2D eigenvalue weighted by molar-refractivity contribution is 0.0702. The van der Waals surface area contributed by atoms with Gasteiger partial charge >= 0.3 is 0 Å². The molecule has 1 N–H and O–H groups in total. The first-order valence-electron chi connectivity index (χ1n) is 6.91. The summed E-state index contributed by atoms with van der Waals surface area (Å²) in [5, 5.41) is 9.87. The normalized spacial score (nSPS) is 17.8. The summed E-state index contributed by atoms with van der Waals surface area (Å²) in [5.41, 5.74) is 0. The Hall–Kier alpha value is 0.160. The molecule has 1 aliphatic rings. The molecule has 106 valence electrons. The van der Waals surface area contributed by atoms with Gasteiger partial charge in [0, 0.05) is 18.8 Å². The first-order valence-corrected chi connectivity index (χ1v) is 8.31. The van der Waals surface area contributed by atoms with E-state index in [9.17, 15) is 5.11 Å². The van der Waals surface area contributed by atoms with Crippen LogP contribution >= 0.6 is 24.0 Å². The number of thiocarbonyl (C=S) groups is 1. The lowest BCUT2D eigenvalue weighted by Crippen LogP contribution is -2.38. The number of unbranched alkanes of at least 4 members (excludes halogenated alkanes) is 3. The van der Waals surface area contributed by atoms with E-state index in [1.165, 1.54) is 19.3 Å². The lowest BCUT2D eigenvalue weighted by atomic mass is 10.1. The van der Waals surface area contributed by atoms with Crippen LogP contribution in [-0.2, 0) is 4.74 Å². The maximum atomic E-state index is 9.87. The van der Waals surface area contributed by atoms with Crippen molar-refractivity contribution in [2.24, 2.45) is 0 Å². The van der Waals surface area contributed by atoms with E-state index in [1.54, 1.807) is 11.8 Å². The standard InChI is InChI=1S/C13H25NO2S2/c1-2-3-4-5-6-12(15)11-18-13(17)14-7-9-16-10-8-14/h12,15H,2-11H2,1H3. The molecule has 0 aromatic carbocycles. The Bertz CT molecular complexity index is 233. The summed E-state index contributed by atoms with van der Waals surface area (Å²) < 4.78 is 6.20. The first kappa shape index (κ1) is 16.2. The first-order chi connectivity index (χ1) is 8.74. The van der Waals surface area contributed by atoms with E-state index in [1.807, 2.05) is 0 Å². The molecule has 1 unspecified atom stereocenters. The highest BCUT2D eigenvalue weighted by Gasteiger charge is 2.15. The van der Waals surface area contributed by atoms with Gasteiger partial charge in [0.2, 0.25) is 0 Å². The third-order valence-electron chi connectivity index (χ3n) is 3.06. The van der Waals surface area contributed by atoms with E-state index in [0.29, 0.717) is 0 Å². The molecule has 0 aliphatic carbocycles. The molecule has 1 aliphatic heterocycles. The number of ether oxygens (including phenoxy) is 1. The molecule has 5 heteroatoms. The van der Waals surface area contributed by atoms with Gasteiger partial charge in [-0.1, -0.05) is 56.6 Å². The van der Waals surface area contributed by atoms with Gasteiger partial charge in [-0.2, -0.15) is 0 Å². The van der Waals surface area contributed by atoms with Crippen LogP contribution < -0.4 is 0 Å². The van der Waals surface area contributed by atoms with Gasteiger partial charge in [0.15, 0.2) is 0 Å². The Labute approximate surface area is 120 Å². The number of rotatable bonds is 7. The van der Waals surface area contributed by atoms with Gasteiger partial charge in [-0.3, -0.25) is 0 Å². The molecule has 0 spiro atoms. The highest BCUT2D eigenvalue weighted by molar-refractivity contribution is 8.22. The smallest absolute Gasteiger partial charge is 0.136 e. The molecular formula is C13H25NO2S2. The van der Waals surface area contributed by atoms with Crippen molar-refractivity contribution in [1.29, 1.82) is 0 Å². The number of nitrogens with zero attached hydrogens (tertiary/aromatic N) is 1. The van der Waals surface area contributed by atoms with Crippen LogP contribution in [0.5, 0.6) is 0 Å². The molecule has 1 atom stereocenters. The third kappa shape index (κ3) is 6.92. The Morgan fingerprint density at radius 3 is 2.72 bits per heavy atom. The van der Waals surface area contributed by atoms with Crippen LogP contribution in [0.1, 0.15) is 39.0 Å². The van der Waals surface area contributed by atoms with Crippen LogP contribution in [0, 0.1) is 0 Å². The van der Waals surface area contributed by atoms with E-state index in [4.69, 9.17) is 17.0 Å². The van der Waals surface area contributed by atoms with Gasteiger partial charge in [0.25, 0.3) is 0 Å². The highest BCUT2D eigenvalue weighted by atomic mass is 32.2. The molecule has 3 nitrogen and oxygen atoms in total. The Balaban J connectivity index is 2.05. The molecule has 0 amide bonds. The molecular weight excluding hydrogens is 266 g/mol. The number of aliphatic hydroxyl groups is 1. The van der Waals surface area contributed by atoms with Crippen molar-refractivity contribution in [2.45, 2.75) is 45.1 Å². The number of hydrogen-bond acceptors (Lipinski definition) is 4. The van der Waals surface area contributed by atoms with E-state index >= 15 is 0 Å². The second-order valence-corrected chi connectivity index (χ2v) is 6.33. The van der Waals surface area contributed by atoms with Crippen LogP contribution in [0.2, 0.25) is 0 Å². The van der Waals surface area contributed by atoms with Crippen molar-refractivity contribution >= 4 is 28.3 Å². The van der Waals surface area contributed by atoms with Crippen LogP contribution in [0.3, 0.4) is 0 Å². The number of morpholine rings is 1. The molecule has 0 bridgehead atoms. The van der Waals surface area contributed by atoms with Gasteiger partial charge in [-0.15, -0.1) is 0 Å². The second-order valence-electron chi connectivity index (χ2n) is 4.68. The van der Waals surface area contributed by atoms with Crippen molar-refractivity contribution in [3.8, 4) is 0 Å². The molecule has 0 radical (unpaired) electrons. The summed E-state index contributed by atoms with van der Waals surface area (Å²) in [6, 6.07) is 0. The summed E-state index contributed by atoms with van der Waals surface area (Å²) in [6.07, 6.45) is 5.55. The monoisotopic (exact) mass is 291 g/mol. The van der Waals surface area contributed by atoms with Crippen LogP contribution in [-0.4, -0.2) is 52.5 Å². The van der Waals surface area contributed by atoms with Gasteiger partial charge < -0.3 is 14.7 Å². The molecule has 1 saturated heterocycles. The zero-order valence-corrected chi connectivity index (χ0v) is 12.9. The van der Waals surface area contributed by atoms with E-state index in [0.717, 1.165) is 49.2 Å². The summed E-state index contributed by atoms with van der Waals surface area (Å²) in [7, 11) is 0. The fourth-order valence-corrected chi connectivity index (χ4v) is 3.15. The molecule has 0 aromatic rings. The highest BCUT2D eigenvalue weighted by Crippen LogP contribution is 2.15. The molecule has 18 heavy (non-hydrogen) atoms. The van der Waals surface area contributed by atoms with Crippen molar-refractivity contribution in [3.05, 3.63) is 0 Å². The van der Waals surface area contributed by atoms with E-state index in [2.05, 4.69) is 11.8 Å². The van der Waals surface area contributed by atoms with E-state index in [-0.39, 0.29) is 6.10 Å². The van der Waals surface area contributed by atoms with Crippen LogP contribution in [0.4, 0.5) is 0 Å². The predicted molar refractivity (Wildman–Crippen MR) is 82.2 cm³/mol. The van der Waals surface area contributed by atoms with Crippen LogP contribution in [0.25, 0.3) is 0 Å². The van der Waals surface area contributed by atoms with Gasteiger partial charge in [-0.05, 0) is 6.42 Å². The Morgan fingerprint density at radius 2 is 2.06 bits per heavy atom. The topological polar surface area (TPSA) is 32.7 Å². The average Bonchev–Trinajstić information content (AvgIpc) is 2.42. The fourth-order valence-electron chi connectivity index (χ4n) is 1.89. The van der Waals surface area contributed by atoms with Crippen molar-refractivity contribution in [3.63, 3.8) is 0 Å². The maximum absolute atomic E-state index is 9.87. The van der Waals surface area contributed by atoms with Crippen LogP contribution in [0.15, 0.2) is 0 Å². The zero-order chi connectivity index (χ0) is 13.2. The van der Waals surface area contributed by atoms with Gasteiger partial charge in [0.1, 0.15) is 4.32 Å². The number of aliphatic hydroxyl groups excluding tert-OH is 1. The summed E-state index contributed by atoms with van der Waals surface area (Å²) in [6.45, 7) is 5.50. The average molecular weight is 291 g/mol. The minimum Gasteiger partial charge on any atom is -0.392 e. The second kappa shape index (κ2) is 10.0. The molecule has 1 heterocycles. The minimum atomic E-state index is -0.217. The third-order valence-corrected chi connectivity index (χ3v) is 4.73. The molecule has 0 aromatic heterocycles. The SMILES string of the molecule is CCCCCCC(O)CSC(=S)N1CCOCC1. The summed E-state index contributed by atoms with van der Waals surface area (Å²) in [4.78, 5) is 2.17. The fraction of sp³-hybridized carbons (Fsp3) is 0.923. The largest absolute Gasteiger partial charge is 0.392 e. The number of hydrogen-bond donors (Lipinski definition) is 1. The van der Waals surface area contributed by atoms with Crippen molar-refractivity contribution in [2.75, 3.05) is 32.1 Å². The zero-order valence-electron chi connectivity index (χ0n) is 11.3. The van der Waals surface area contributed by atoms with Crippen molar-refractivity contribution in [1.82, 2.24) is 4.90 Å². The summed E-state index contributed by atoms with van der Waals surface area (Å²) in [5.74, 6) is 0.725. The lowest BCUT2D eigenvalue weighted by Gasteiger charge is -2.28. The van der Waals surface area contributed by atoms with E-state index < -0.39 is 0 Å². The number of thioether (sulfide) groups is 1. The molecule has 1 rings (SSSR count). The summed E-state index contributed by atoms with van der Waals surface area (Å²) >= 11 is 6.98. The Kier molecular flexibility index (Phi) is 9.02. The van der Waals surface area contributed by atoms with Gasteiger partial charge in [0.05, 0.1) is 19.3 Å². The predicted octanol–water partition coefficient (Wildman–Crippen LogP) is 2.67. The Morgan fingerprint density at radius 1 is 1.33 bits per heavy atom. The van der Waals surface area contributed by atoms with Gasteiger partial charge in [-0.25, -0.2) is 0 Å². The molecule has 0 saturated carbocycles. The maximum Gasteiger partial charge on any atom is 0.136 e. The van der Waals surface area contributed by atoms with Crippen molar-refractivity contribution < 1.29 is 9.84 Å². The molecule has 1 fully saturated rings. The minimum absolute atomic E-state index is 0.217. The quantitative estimate of drug-likeness (QED) is 0.576.